The number of hydrogen-bond donors (Lipinski definition) is 0. The number of para-hydroxylation sites is 2. The Bertz CT molecular complexity index is 2770. The van der Waals surface area contributed by atoms with Crippen molar-refractivity contribution in [1.29, 1.82) is 0 Å². The van der Waals surface area contributed by atoms with Gasteiger partial charge in [-0.25, -0.2) is 0 Å². The average Bonchev–Trinajstić information content (AvgIpc) is 3.61. The van der Waals surface area contributed by atoms with Crippen LogP contribution in [0.3, 0.4) is 0 Å². The summed E-state index contributed by atoms with van der Waals surface area (Å²) in [4.78, 5) is 2.48. The Balaban J connectivity index is 1.18. The minimum absolute atomic E-state index is 0.0891. The molecular formula is C54H43N. The highest BCUT2D eigenvalue weighted by molar-refractivity contribution is 5.96. The van der Waals surface area contributed by atoms with Crippen molar-refractivity contribution in [1.82, 2.24) is 0 Å². The summed E-state index contributed by atoms with van der Waals surface area (Å²) in [5, 5.41) is 0. The molecule has 0 saturated carbocycles. The zero-order chi connectivity index (χ0) is 37.3. The molecule has 0 radical (unpaired) electrons. The molecule has 0 atom stereocenters. The smallest absolute Gasteiger partial charge is 0.0540 e. The Hall–Kier alpha value is -6.44. The van der Waals surface area contributed by atoms with Crippen LogP contribution in [0.15, 0.2) is 188 Å². The summed E-state index contributed by atoms with van der Waals surface area (Å²) in [7, 11) is 0. The average molecular weight is 706 g/mol. The fourth-order valence-corrected chi connectivity index (χ4v) is 9.62. The molecule has 0 amide bonds. The molecule has 0 heterocycles. The molecule has 264 valence electrons. The van der Waals surface area contributed by atoms with Gasteiger partial charge >= 0.3 is 0 Å². The SMILES string of the molecule is CC1(C)c2ccccc2-c2ccc(-c3ccccc3N(c3cccc(-c4cccc5c4C(C)(C)c4ccccc4-5)c3)c3ccccc3-c3ccccc3)cc21. The van der Waals surface area contributed by atoms with E-state index in [0.29, 0.717) is 0 Å². The molecular weight excluding hydrogens is 663 g/mol. The van der Waals surface area contributed by atoms with Crippen molar-refractivity contribution in [3.8, 4) is 55.6 Å². The van der Waals surface area contributed by atoms with Crippen molar-refractivity contribution in [2.24, 2.45) is 0 Å². The van der Waals surface area contributed by atoms with Gasteiger partial charge in [0.2, 0.25) is 0 Å². The minimum Gasteiger partial charge on any atom is -0.309 e. The van der Waals surface area contributed by atoms with Crippen molar-refractivity contribution in [3.63, 3.8) is 0 Å². The van der Waals surface area contributed by atoms with Gasteiger partial charge in [-0.15, -0.1) is 0 Å². The van der Waals surface area contributed by atoms with Gasteiger partial charge in [-0.2, -0.15) is 0 Å². The molecule has 0 unspecified atom stereocenters. The molecule has 2 aliphatic carbocycles. The molecule has 0 spiro atoms. The van der Waals surface area contributed by atoms with Crippen LogP contribution >= 0.6 is 0 Å². The van der Waals surface area contributed by atoms with Gasteiger partial charge in [-0.05, 0) is 97.1 Å². The largest absolute Gasteiger partial charge is 0.309 e. The fourth-order valence-electron chi connectivity index (χ4n) is 9.62. The lowest BCUT2D eigenvalue weighted by Gasteiger charge is -2.31. The van der Waals surface area contributed by atoms with Gasteiger partial charge in [0.05, 0.1) is 11.4 Å². The van der Waals surface area contributed by atoms with Crippen LogP contribution in [-0.2, 0) is 10.8 Å². The maximum atomic E-state index is 2.48. The molecule has 0 aliphatic heterocycles. The van der Waals surface area contributed by atoms with E-state index in [1.165, 1.54) is 77.9 Å². The number of rotatable bonds is 6. The molecule has 0 saturated heterocycles. The predicted octanol–water partition coefficient (Wildman–Crippen LogP) is 14.8. The van der Waals surface area contributed by atoms with Crippen molar-refractivity contribution in [2.75, 3.05) is 4.90 Å². The highest BCUT2D eigenvalue weighted by Gasteiger charge is 2.38. The van der Waals surface area contributed by atoms with Gasteiger partial charge in [0.1, 0.15) is 0 Å². The topological polar surface area (TPSA) is 3.24 Å². The minimum atomic E-state index is -0.119. The lowest BCUT2D eigenvalue weighted by atomic mass is 9.79. The summed E-state index contributed by atoms with van der Waals surface area (Å²) in [5.41, 5.74) is 21.4. The second-order valence-corrected chi connectivity index (χ2v) is 16.1. The van der Waals surface area contributed by atoms with Crippen LogP contribution in [0.1, 0.15) is 49.9 Å². The van der Waals surface area contributed by atoms with Gasteiger partial charge in [0.15, 0.2) is 0 Å². The number of nitrogens with zero attached hydrogens (tertiary/aromatic N) is 1. The van der Waals surface area contributed by atoms with Crippen molar-refractivity contribution < 1.29 is 0 Å². The van der Waals surface area contributed by atoms with E-state index < -0.39 is 0 Å². The van der Waals surface area contributed by atoms with Crippen molar-refractivity contribution >= 4 is 17.1 Å². The number of fused-ring (bicyclic) bond motifs is 6. The maximum absolute atomic E-state index is 2.48. The quantitative estimate of drug-likeness (QED) is 0.166. The predicted molar refractivity (Wildman–Crippen MR) is 233 cm³/mol. The van der Waals surface area contributed by atoms with E-state index in [-0.39, 0.29) is 10.8 Å². The number of hydrogen-bond acceptors (Lipinski definition) is 1. The Kier molecular flexibility index (Phi) is 7.58. The van der Waals surface area contributed by atoms with E-state index in [1.807, 2.05) is 0 Å². The van der Waals surface area contributed by atoms with Gasteiger partial charge in [-0.3, -0.25) is 0 Å². The molecule has 8 aromatic carbocycles. The second-order valence-electron chi connectivity index (χ2n) is 16.1. The summed E-state index contributed by atoms with van der Waals surface area (Å²) in [6.45, 7) is 9.48. The van der Waals surface area contributed by atoms with Gasteiger partial charge in [0, 0.05) is 27.6 Å². The van der Waals surface area contributed by atoms with Gasteiger partial charge in [-0.1, -0.05) is 185 Å². The van der Waals surface area contributed by atoms with Crippen LogP contribution in [0, 0.1) is 0 Å². The Morgan fingerprint density at radius 3 is 1.49 bits per heavy atom. The van der Waals surface area contributed by atoms with Crippen LogP contribution in [0.2, 0.25) is 0 Å². The van der Waals surface area contributed by atoms with Crippen LogP contribution in [0.25, 0.3) is 55.6 Å². The lowest BCUT2D eigenvalue weighted by molar-refractivity contribution is 0.660. The molecule has 0 fully saturated rings. The Labute approximate surface area is 325 Å². The summed E-state index contributed by atoms with van der Waals surface area (Å²) < 4.78 is 0. The molecule has 0 aromatic heterocycles. The second kappa shape index (κ2) is 12.6. The van der Waals surface area contributed by atoms with Crippen LogP contribution in [-0.4, -0.2) is 0 Å². The first-order valence-electron chi connectivity index (χ1n) is 19.4. The highest BCUT2D eigenvalue weighted by atomic mass is 15.1. The number of benzene rings is 8. The Morgan fingerprint density at radius 2 is 0.782 bits per heavy atom. The van der Waals surface area contributed by atoms with E-state index in [9.17, 15) is 0 Å². The fraction of sp³-hybridized carbons (Fsp3) is 0.111. The first-order chi connectivity index (χ1) is 26.8. The van der Waals surface area contributed by atoms with Crippen LogP contribution in [0.4, 0.5) is 17.1 Å². The lowest BCUT2D eigenvalue weighted by Crippen LogP contribution is -2.16. The highest BCUT2D eigenvalue weighted by Crippen LogP contribution is 2.54. The summed E-state index contributed by atoms with van der Waals surface area (Å²) >= 11 is 0. The molecule has 0 bridgehead atoms. The molecule has 55 heavy (non-hydrogen) atoms. The molecule has 8 aromatic rings. The standard InChI is InChI=1S/C54H43N/c1-53(2)47-28-12-8-24-43(47)45-33-32-38(35-49(45)53)41-23-11-15-31-51(41)55(50-30-14-10-22-40(50)36-18-6-5-7-19-36)39-21-16-20-37(34-39)42-26-17-27-46-44-25-9-13-29-48(44)54(3,4)52(42)46/h5-35H,1-4H3. The molecule has 10 rings (SSSR count). The summed E-state index contributed by atoms with van der Waals surface area (Å²) in [5.74, 6) is 0. The van der Waals surface area contributed by atoms with Crippen LogP contribution in [0.5, 0.6) is 0 Å². The molecule has 1 heteroatoms. The van der Waals surface area contributed by atoms with E-state index in [4.69, 9.17) is 0 Å². The molecule has 2 aliphatic rings. The van der Waals surface area contributed by atoms with Crippen molar-refractivity contribution in [2.45, 2.75) is 38.5 Å². The summed E-state index contributed by atoms with van der Waals surface area (Å²) in [6, 6.07) is 69.5. The zero-order valence-electron chi connectivity index (χ0n) is 31.8. The van der Waals surface area contributed by atoms with Gasteiger partial charge in [0.25, 0.3) is 0 Å². The first-order valence-corrected chi connectivity index (χ1v) is 19.4. The molecule has 1 nitrogen and oxygen atoms in total. The third kappa shape index (κ3) is 5.14. The third-order valence-electron chi connectivity index (χ3n) is 12.3. The zero-order valence-corrected chi connectivity index (χ0v) is 31.8. The summed E-state index contributed by atoms with van der Waals surface area (Å²) in [6.07, 6.45) is 0. The van der Waals surface area contributed by atoms with Gasteiger partial charge < -0.3 is 4.90 Å². The Morgan fingerprint density at radius 1 is 0.309 bits per heavy atom. The van der Waals surface area contributed by atoms with Crippen molar-refractivity contribution in [3.05, 3.63) is 210 Å². The first kappa shape index (κ1) is 33.2. The van der Waals surface area contributed by atoms with E-state index in [2.05, 4.69) is 221 Å². The van der Waals surface area contributed by atoms with E-state index in [0.717, 1.165) is 17.1 Å². The molecule has 0 N–H and O–H groups in total. The maximum Gasteiger partial charge on any atom is 0.0540 e. The monoisotopic (exact) mass is 705 g/mol. The normalized spacial score (nSPS) is 14.1. The van der Waals surface area contributed by atoms with E-state index in [1.54, 1.807) is 0 Å². The van der Waals surface area contributed by atoms with Crippen LogP contribution < -0.4 is 4.90 Å². The van der Waals surface area contributed by atoms with E-state index >= 15 is 0 Å². The number of anilines is 3. The third-order valence-corrected chi connectivity index (χ3v) is 12.3.